The van der Waals surface area contributed by atoms with Gasteiger partial charge in [-0.2, -0.15) is 0 Å². The van der Waals surface area contributed by atoms with Gasteiger partial charge in [0.1, 0.15) is 5.75 Å². The summed E-state index contributed by atoms with van der Waals surface area (Å²) in [4.78, 5) is 12.1. The van der Waals surface area contributed by atoms with E-state index in [-0.39, 0.29) is 11.2 Å². The van der Waals surface area contributed by atoms with E-state index >= 15 is 0 Å². The molecule has 2 heteroatoms. The van der Waals surface area contributed by atoms with Crippen LogP contribution in [0.5, 0.6) is 5.75 Å². The van der Waals surface area contributed by atoms with E-state index in [0.717, 1.165) is 17.7 Å². The fraction of sp³-hybridized carbons (Fsp3) is 0.462. The smallest absolute Gasteiger partial charge is 0.168 e. The van der Waals surface area contributed by atoms with Gasteiger partial charge in [-0.05, 0) is 30.7 Å². The summed E-state index contributed by atoms with van der Waals surface area (Å²) < 4.78 is 5.05. The highest BCUT2D eigenvalue weighted by Crippen LogP contribution is 2.26. The van der Waals surface area contributed by atoms with Gasteiger partial charge in [0, 0.05) is 11.0 Å². The number of benzene rings is 1. The first-order chi connectivity index (χ1) is 7.01. The second-order valence-corrected chi connectivity index (χ2v) is 4.30. The molecule has 15 heavy (non-hydrogen) atoms. The van der Waals surface area contributed by atoms with Crippen LogP contribution in [0.1, 0.15) is 37.6 Å². The number of hydrogen-bond acceptors (Lipinski definition) is 2. The number of ketones is 1. The van der Waals surface area contributed by atoms with E-state index in [0.29, 0.717) is 0 Å². The molecule has 0 aromatic heterocycles. The summed E-state index contributed by atoms with van der Waals surface area (Å²) in [5.74, 6) is 0.966. The third-order valence-corrected chi connectivity index (χ3v) is 2.85. The van der Waals surface area contributed by atoms with Crippen molar-refractivity contribution in [3.8, 4) is 5.75 Å². The molecule has 0 saturated heterocycles. The van der Waals surface area contributed by atoms with Crippen LogP contribution in [0.4, 0.5) is 0 Å². The fourth-order valence-electron chi connectivity index (χ4n) is 1.29. The van der Waals surface area contributed by atoms with Gasteiger partial charge < -0.3 is 4.74 Å². The predicted octanol–water partition coefficient (Wildman–Crippen LogP) is 3.31. The Hall–Kier alpha value is -1.31. The van der Waals surface area contributed by atoms with Crippen molar-refractivity contribution in [2.75, 3.05) is 7.11 Å². The Kier molecular flexibility index (Phi) is 3.51. The lowest BCUT2D eigenvalue weighted by atomic mass is 9.82. The minimum Gasteiger partial charge on any atom is -0.497 e. The van der Waals surface area contributed by atoms with Gasteiger partial charge in [0.05, 0.1) is 7.11 Å². The Labute approximate surface area is 91.3 Å². The molecule has 1 aromatic rings. The Balaban J connectivity index is 2.92. The van der Waals surface area contributed by atoms with Gasteiger partial charge in [-0.1, -0.05) is 20.8 Å². The number of hydrogen-bond donors (Lipinski definition) is 0. The maximum atomic E-state index is 12.1. The van der Waals surface area contributed by atoms with Crippen LogP contribution >= 0.6 is 0 Å². The van der Waals surface area contributed by atoms with Crippen molar-refractivity contribution in [3.05, 3.63) is 29.8 Å². The van der Waals surface area contributed by atoms with E-state index in [2.05, 4.69) is 0 Å². The summed E-state index contributed by atoms with van der Waals surface area (Å²) in [7, 11) is 1.62. The largest absolute Gasteiger partial charge is 0.497 e. The summed E-state index contributed by atoms with van der Waals surface area (Å²) >= 11 is 0. The lowest BCUT2D eigenvalue weighted by Gasteiger charge is -2.20. The average Bonchev–Trinajstić information content (AvgIpc) is 2.28. The monoisotopic (exact) mass is 206 g/mol. The molecule has 0 radical (unpaired) electrons. The number of Topliss-reactive ketones (excluding diaryl/α,β-unsaturated/α-hetero) is 1. The van der Waals surface area contributed by atoms with E-state index in [4.69, 9.17) is 4.74 Å². The fourth-order valence-corrected chi connectivity index (χ4v) is 1.29. The zero-order valence-electron chi connectivity index (χ0n) is 9.83. The molecule has 0 atom stereocenters. The van der Waals surface area contributed by atoms with E-state index in [1.807, 2.05) is 45.0 Å². The van der Waals surface area contributed by atoms with Gasteiger partial charge in [0.2, 0.25) is 0 Å². The summed E-state index contributed by atoms with van der Waals surface area (Å²) in [5, 5.41) is 0. The number of carbonyl (C=O) groups is 1. The summed E-state index contributed by atoms with van der Waals surface area (Å²) in [6, 6.07) is 7.27. The molecule has 0 aliphatic heterocycles. The molecule has 0 unspecified atom stereocenters. The van der Waals surface area contributed by atoms with Crippen LogP contribution < -0.4 is 4.74 Å². The van der Waals surface area contributed by atoms with Crippen LogP contribution in [-0.2, 0) is 0 Å². The third-order valence-electron chi connectivity index (χ3n) is 2.85. The summed E-state index contributed by atoms with van der Waals surface area (Å²) in [6.45, 7) is 5.97. The third kappa shape index (κ3) is 2.58. The highest BCUT2D eigenvalue weighted by Gasteiger charge is 2.26. The minimum absolute atomic E-state index is 0.188. The quantitative estimate of drug-likeness (QED) is 0.706. The van der Waals surface area contributed by atoms with Crippen LogP contribution in [0, 0.1) is 5.41 Å². The average molecular weight is 206 g/mol. The number of carbonyl (C=O) groups excluding carboxylic acids is 1. The van der Waals surface area contributed by atoms with E-state index in [9.17, 15) is 4.79 Å². The molecule has 0 heterocycles. The Morgan fingerprint density at radius 2 is 1.80 bits per heavy atom. The van der Waals surface area contributed by atoms with Crippen molar-refractivity contribution < 1.29 is 9.53 Å². The highest BCUT2D eigenvalue weighted by atomic mass is 16.5. The molecule has 0 N–H and O–H groups in total. The van der Waals surface area contributed by atoms with E-state index < -0.39 is 0 Å². The van der Waals surface area contributed by atoms with E-state index in [1.165, 1.54) is 0 Å². The molecule has 0 bridgehead atoms. The number of ether oxygens (including phenoxy) is 1. The van der Waals surface area contributed by atoms with Crippen molar-refractivity contribution in [2.24, 2.45) is 5.41 Å². The molecular weight excluding hydrogens is 188 g/mol. The molecule has 0 aliphatic carbocycles. The maximum Gasteiger partial charge on any atom is 0.168 e. The molecule has 2 nitrogen and oxygen atoms in total. The van der Waals surface area contributed by atoms with Gasteiger partial charge >= 0.3 is 0 Å². The van der Waals surface area contributed by atoms with Crippen LogP contribution in [-0.4, -0.2) is 12.9 Å². The molecule has 0 saturated carbocycles. The maximum absolute atomic E-state index is 12.1. The van der Waals surface area contributed by atoms with Crippen LogP contribution in [0.15, 0.2) is 24.3 Å². The highest BCUT2D eigenvalue weighted by molar-refractivity contribution is 6.00. The molecule has 0 fully saturated rings. The molecular formula is C13H18O2. The molecule has 0 aliphatic rings. The Bertz CT molecular complexity index is 336. The Morgan fingerprint density at radius 3 is 2.20 bits per heavy atom. The minimum atomic E-state index is -0.283. The van der Waals surface area contributed by atoms with Crippen molar-refractivity contribution in [2.45, 2.75) is 27.2 Å². The first-order valence-corrected chi connectivity index (χ1v) is 5.20. The van der Waals surface area contributed by atoms with E-state index in [1.54, 1.807) is 7.11 Å². The zero-order chi connectivity index (χ0) is 11.5. The van der Waals surface area contributed by atoms with Gasteiger partial charge in [0.15, 0.2) is 5.78 Å². The second kappa shape index (κ2) is 4.47. The molecule has 1 aromatic carbocycles. The van der Waals surface area contributed by atoms with Crippen molar-refractivity contribution in [1.29, 1.82) is 0 Å². The SMILES string of the molecule is CCC(C)(C)C(=O)c1ccc(OC)cc1. The standard InChI is InChI=1S/C13H18O2/c1-5-13(2,3)12(14)10-6-8-11(15-4)9-7-10/h6-9H,5H2,1-4H3. The van der Waals surface area contributed by atoms with Gasteiger partial charge in [0.25, 0.3) is 0 Å². The lowest BCUT2D eigenvalue weighted by Crippen LogP contribution is -2.23. The van der Waals surface area contributed by atoms with Crippen LogP contribution in [0.25, 0.3) is 0 Å². The first kappa shape index (κ1) is 11.8. The molecule has 1 rings (SSSR count). The van der Waals surface area contributed by atoms with Gasteiger partial charge in [-0.25, -0.2) is 0 Å². The van der Waals surface area contributed by atoms with Crippen LogP contribution in [0.2, 0.25) is 0 Å². The predicted molar refractivity (Wildman–Crippen MR) is 61.4 cm³/mol. The zero-order valence-corrected chi connectivity index (χ0v) is 9.83. The lowest BCUT2D eigenvalue weighted by molar-refractivity contribution is 0.0833. The second-order valence-electron chi connectivity index (χ2n) is 4.30. The van der Waals surface area contributed by atoms with Crippen molar-refractivity contribution >= 4 is 5.78 Å². The van der Waals surface area contributed by atoms with Crippen LogP contribution in [0.3, 0.4) is 0 Å². The van der Waals surface area contributed by atoms with Crippen molar-refractivity contribution in [3.63, 3.8) is 0 Å². The Morgan fingerprint density at radius 1 is 1.27 bits per heavy atom. The molecule has 0 spiro atoms. The topological polar surface area (TPSA) is 26.3 Å². The number of methoxy groups -OCH3 is 1. The first-order valence-electron chi connectivity index (χ1n) is 5.20. The molecule has 0 amide bonds. The van der Waals surface area contributed by atoms with Gasteiger partial charge in [-0.3, -0.25) is 4.79 Å². The molecule has 82 valence electrons. The summed E-state index contributed by atoms with van der Waals surface area (Å²) in [5.41, 5.74) is 0.469. The summed E-state index contributed by atoms with van der Waals surface area (Å²) in [6.07, 6.45) is 0.845. The van der Waals surface area contributed by atoms with Gasteiger partial charge in [-0.15, -0.1) is 0 Å². The number of rotatable bonds is 4. The normalized spacial score (nSPS) is 11.2. The van der Waals surface area contributed by atoms with Crippen molar-refractivity contribution in [1.82, 2.24) is 0 Å².